The second-order valence-corrected chi connectivity index (χ2v) is 6.71. The molecule has 1 fully saturated rings. The molecule has 1 atom stereocenters. The molecule has 1 aliphatic heterocycles. The number of aryl methyl sites for hydroxylation is 2. The first-order chi connectivity index (χ1) is 11.5. The van der Waals surface area contributed by atoms with Crippen LogP contribution in [0.3, 0.4) is 0 Å². The molecule has 0 aliphatic carbocycles. The van der Waals surface area contributed by atoms with E-state index < -0.39 is 0 Å². The maximum absolute atomic E-state index is 12.4. The number of nitrogens with zero attached hydrogens (tertiary/aromatic N) is 2. The van der Waals surface area contributed by atoms with Crippen molar-refractivity contribution in [1.82, 2.24) is 9.27 Å². The third-order valence-corrected chi connectivity index (χ3v) is 4.90. The Kier molecular flexibility index (Phi) is 4.99. The van der Waals surface area contributed by atoms with Gasteiger partial charge in [-0.05, 0) is 50.4 Å². The molecule has 1 aliphatic rings. The molecule has 6 nitrogen and oxygen atoms in total. The van der Waals surface area contributed by atoms with Crippen LogP contribution in [0.4, 0.5) is 0 Å². The van der Waals surface area contributed by atoms with E-state index in [2.05, 4.69) is 4.37 Å². The van der Waals surface area contributed by atoms with Gasteiger partial charge < -0.3 is 14.1 Å². The maximum atomic E-state index is 12.4. The Morgan fingerprint density at radius 3 is 2.92 bits per heavy atom. The Hall–Kier alpha value is -2.15. The molecule has 1 unspecified atom stereocenters. The zero-order chi connectivity index (χ0) is 17.1. The first kappa shape index (κ1) is 16.7. The van der Waals surface area contributed by atoms with Gasteiger partial charge in [-0.1, -0.05) is 0 Å². The molecule has 0 N–H and O–H groups in total. The number of rotatable bonds is 4. The number of likely N-dealkylation sites (tertiary alicyclic amines) is 1. The predicted molar refractivity (Wildman–Crippen MR) is 89.2 cm³/mol. The smallest absolute Gasteiger partial charge is 0.340 e. The Morgan fingerprint density at radius 1 is 1.42 bits per heavy atom. The van der Waals surface area contributed by atoms with Gasteiger partial charge in [0, 0.05) is 24.4 Å². The van der Waals surface area contributed by atoms with Gasteiger partial charge in [-0.15, -0.1) is 0 Å². The summed E-state index contributed by atoms with van der Waals surface area (Å²) in [4.78, 5) is 26.3. The molecule has 0 bridgehead atoms. The van der Waals surface area contributed by atoms with E-state index in [-0.39, 0.29) is 17.8 Å². The number of hydrogen-bond acceptors (Lipinski definition) is 6. The van der Waals surface area contributed by atoms with Crippen molar-refractivity contribution < 1.29 is 18.7 Å². The summed E-state index contributed by atoms with van der Waals surface area (Å²) >= 11 is 1.25. The highest BCUT2D eigenvalue weighted by Crippen LogP contribution is 2.21. The number of piperidine rings is 1. The molecular weight excluding hydrogens is 328 g/mol. The van der Waals surface area contributed by atoms with Crippen LogP contribution in [-0.4, -0.2) is 40.8 Å². The highest BCUT2D eigenvalue weighted by atomic mass is 32.1. The highest BCUT2D eigenvalue weighted by Gasteiger charge is 2.27. The molecule has 128 valence electrons. The molecule has 0 radical (unpaired) electrons. The van der Waals surface area contributed by atoms with E-state index in [1.54, 1.807) is 29.3 Å². The largest absolute Gasteiger partial charge is 0.462 e. The van der Waals surface area contributed by atoms with Gasteiger partial charge in [-0.2, -0.15) is 4.37 Å². The molecule has 0 spiro atoms. The molecule has 0 aromatic carbocycles. The van der Waals surface area contributed by atoms with Crippen LogP contribution in [0.15, 0.2) is 21.9 Å². The zero-order valence-electron chi connectivity index (χ0n) is 13.8. The molecule has 2 aromatic rings. The molecule has 24 heavy (non-hydrogen) atoms. The molecule has 1 saturated heterocycles. The minimum absolute atomic E-state index is 0.1000. The first-order valence-electron chi connectivity index (χ1n) is 7.98. The minimum atomic E-state index is -0.341. The Labute approximate surface area is 144 Å². The first-order valence-corrected chi connectivity index (χ1v) is 8.82. The summed E-state index contributed by atoms with van der Waals surface area (Å²) in [5, 5.41) is 1.70. The second-order valence-electron chi connectivity index (χ2n) is 6.08. The van der Waals surface area contributed by atoms with Crippen molar-refractivity contribution in [2.75, 3.05) is 19.7 Å². The van der Waals surface area contributed by atoms with Gasteiger partial charge in [0.05, 0.1) is 17.9 Å². The number of amides is 1. The van der Waals surface area contributed by atoms with Gasteiger partial charge in [-0.3, -0.25) is 4.79 Å². The van der Waals surface area contributed by atoms with E-state index in [1.807, 2.05) is 6.92 Å². The SMILES string of the molecule is Cc1ccc(C(=O)N2CCCC(COC(=O)c3csnc3C)C2)o1. The number of carbonyl (C=O) groups excluding carboxylic acids is 2. The van der Waals surface area contributed by atoms with Crippen molar-refractivity contribution >= 4 is 23.4 Å². The van der Waals surface area contributed by atoms with Crippen LogP contribution in [0.1, 0.15) is 45.2 Å². The van der Waals surface area contributed by atoms with E-state index in [4.69, 9.17) is 9.15 Å². The summed E-state index contributed by atoms with van der Waals surface area (Å²) in [7, 11) is 0. The summed E-state index contributed by atoms with van der Waals surface area (Å²) in [6, 6.07) is 3.49. The molecule has 3 rings (SSSR count). The Morgan fingerprint density at radius 2 is 2.25 bits per heavy atom. The number of aromatic nitrogens is 1. The predicted octanol–water partition coefficient (Wildman–Crippen LogP) is 3.06. The summed E-state index contributed by atoms with van der Waals surface area (Å²) in [6.45, 7) is 5.20. The van der Waals surface area contributed by atoms with E-state index >= 15 is 0 Å². The highest BCUT2D eigenvalue weighted by molar-refractivity contribution is 7.03. The molecule has 2 aromatic heterocycles. The fourth-order valence-electron chi connectivity index (χ4n) is 2.85. The zero-order valence-corrected chi connectivity index (χ0v) is 14.6. The second kappa shape index (κ2) is 7.17. The monoisotopic (exact) mass is 348 g/mol. The lowest BCUT2D eigenvalue weighted by molar-refractivity contribution is 0.0335. The number of ether oxygens (including phenoxy) is 1. The average Bonchev–Trinajstić information content (AvgIpc) is 3.20. The molecule has 7 heteroatoms. The van der Waals surface area contributed by atoms with Crippen molar-refractivity contribution in [3.8, 4) is 0 Å². The Balaban J connectivity index is 1.55. The van der Waals surface area contributed by atoms with Crippen LogP contribution in [0, 0.1) is 19.8 Å². The summed E-state index contributed by atoms with van der Waals surface area (Å²) in [5.74, 6) is 0.795. The van der Waals surface area contributed by atoms with Crippen molar-refractivity contribution in [3.05, 3.63) is 40.3 Å². The number of carbonyl (C=O) groups is 2. The fraction of sp³-hybridized carbons (Fsp3) is 0.471. The van der Waals surface area contributed by atoms with Gasteiger partial charge in [0.2, 0.25) is 0 Å². The van der Waals surface area contributed by atoms with Crippen molar-refractivity contribution in [2.24, 2.45) is 5.92 Å². The third-order valence-electron chi connectivity index (χ3n) is 4.18. The van der Waals surface area contributed by atoms with Crippen molar-refractivity contribution in [3.63, 3.8) is 0 Å². The lowest BCUT2D eigenvalue weighted by Crippen LogP contribution is -2.41. The third kappa shape index (κ3) is 3.67. The average molecular weight is 348 g/mol. The summed E-state index contributed by atoms with van der Waals surface area (Å²) < 4.78 is 14.9. The van der Waals surface area contributed by atoms with Crippen LogP contribution in [0.2, 0.25) is 0 Å². The van der Waals surface area contributed by atoms with E-state index in [9.17, 15) is 9.59 Å². The number of hydrogen-bond donors (Lipinski definition) is 0. The van der Waals surface area contributed by atoms with Crippen molar-refractivity contribution in [1.29, 1.82) is 0 Å². The normalized spacial score (nSPS) is 17.8. The van der Waals surface area contributed by atoms with Gasteiger partial charge in [-0.25, -0.2) is 4.79 Å². The fourth-order valence-corrected chi connectivity index (χ4v) is 3.53. The van der Waals surface area contributed by atoms with Crippen LogP contribution in [-0.2, 0) is 4.74 Å². The maximum Gasteiger partial charge on any atom is 0.340 e. The minimum Gasteiger partial charge on any atom is -0.462 e. The lowest BCUT2D eigenvalue weighted by atomic mass is 9.99. The lowest BCUT2D eigenvalue weighted by Gasteiger charge is -2.31. The van der Waals surface area contributed by atoms with E-state index in [0.717, 1.165) is 18.6 Å². The number of esters is 1. The van der Waals surface area contributed by atoms with Crippen LogP contribution < -0.4 is 0 Å². The molecule has 0 saturated carbocycles. The van der Waals surface area contributed by atoms with Crippen LogP contribution in [0.5, 0.6) is 0 Å². The quantitative estimate of drug-likeness (QED) is 0.794. The van der Waals surface area contributed by atoms with Crippen molar-refractivity contribution in [2.45, 2.75) is 26.7 Å². The van der Waals surface area contributed by atoms with Crippen LogP contribution in [0.25, 0.3) is 0 Å². The summed E-state index contributed by atoms with van der Waals surface area (Å²) in [5.41, 5.74) is 1.22. The topological polar surface area (TPSA) is 72.6 Å². The van der Waals surface area contributed by atoms with Gasteiger partial charge in [0.1, 0.15) is 5.76 Å². The van der Waals surface area contributed by atoms with E-state index in [0.29, 0.717) is 36.7 Å². The van der Waals surface area contributed by atoms with Gasteiger partial charge in [0.25, 0.3) is 5.91 Å². The molecular formula is C17H20N2O4S. The molecule has 3 heterocycles. The summed E-state index contributed by atoms with van der Waals surface area (Å²) in [6.07, 6.45) is 1.84. The molecule has 1 amide bonds. The standard InChI is InChI=1S/C17H20N2O4S/c1-11-5-6-15(23-11)16(20)19-7-3-4-13(8-19)9-22-17(21)14-10-24-18-12(14)2/h5-6,10,13H,3-4,7-9H2,1-2H3. The van der Waals surface area contributed by atoms with Gasteiger partial charge >= 0.3 is 5.97 Å². The van der Waals surface area contributed by atoms with E-state index in [1.165, 1.54) is 11.5 Å². The van der Waals surface area contributed by atoms with Crippen LogP contribution >= 0.6 is 11.5 Å². The Bertz CT molecular complexity index is 737. The number of furan rings is 1. The van der Waals surface area contributed by atoms with Gasteiger partial charge in [0.15, 0.2) is 5.76 Å².